The molecule has 88 valence electrons. The fourth-order valence-electron chi connectivity index (χ4n) is 1.91. The third-order valence-corrected chi connectivity index (χ3v) is 4.82. The van der Waals surface area contributed by atoms with Gasteiger partial charge < -0.3 is 0 Å². The van der Waals surface area contributed by atoms with Gasteiger partial charge in [-0.15, -0.1) is 0 Å². The maximum atomic E-state index is 11.9. The number of ketones is 1. The average Bonchev–Trinajstić information content (AvgIpc) is 2.37. The highest BCUT2D eigenvalue weighted by atomic mass is 32.2. The highest BCUT2D eigenvalue weighted by Gasteiger charge is 2.43. The molecule has 1 heterocycles. The number of rotatable bonds is 4. The van der Waals surface area contributed by atoms with Gasteiger partial charge in [0.2, 0.25) is 10.0 Å². The summed E-state index contributed by atoms with van der Waals surface area (Å²) in [5.41, 5.74) is -0.538. The monoisotopic (exact) mass is 233 g/mol. The lowest BCUT2D eigenvalue weighted by molar-refractivity contribution is -0.116. The summed E-state index contributed by atoms with van der Waals surface area (Å²) in [6, 6.07) is 0. The molecule has 1 rings (SSSR count). The molecule has 1 fully saturated rings. The third-order valence-electron chi connectivity index (χ3n) is 2.72. The van der Waals surface area contributed by atoms with Crippen molar-refractivity contribution >= 4 is 15.8 Å². The van der Waals surface area contributed by atoms with Gasteiger partial charge in [-0.1, -0.05) is 13.3 Å². The molecule has 15 heavy (non-hydrogen) atoms. The molecule has 0 atom stereocenters. The van der Waals surface area contributed by atoms with Crippen molar-refractivity contribution in [1.82, 2.24) is 4.31 Å². The number of nitrogens with zero attached hydrogens (tertiary/aromatic N) is 1. The van der Waals surface area contributed by atoms with E-state index in [4.69, 9.17) is 0 Å². The number of unbranched alkanes of at least 4 members (excludes halogenated alkanes) is 1. The van der Waals surface area contributed by atoms with E-state index in [1.54, 1.807) is 13.8 Å². The minimum absolute atomic E-state index is 0.0140. The summed E-state index contributed by atoms with van der Waals surface area (Å²) in [5, 5.41) is 0. The Morgan fingerprint density at radius 2 is 2.00 bits per heavy atom. The first-order valence-electron chi connectivity index (χ1n) is 5.32. The van der Waals surface area contributed by atoms with Crippen LogP contribution in [0.25, 0.3) is 0 Å². The van der Waals surface area contributed by atoms with Gasteiger partial charge >= 0.3 is 0 Å². The summed E-state index contributed by atoms with van der Waals surface area (Å²) < 4.78 is 25.2. The molecule has 0 bridgehead atoms. The Bertz CT molecular complexity index is 346. The van der Waals surface area contributed by atoms with E-state index >= 15 is 0 Å². The second-order valence-electron chi connectivity index (χ2n) is 4.70. The lowest BCUT2D eigenvalue weighted by atomic mass is 10.0. The van der Waals surface area contributed by atoms with Gasteiger partial charge in [-0.3, -0.25) is 4.79 Å². The number of carbonyl (C=O) groups is 1. The van der Waals surface area contributed by atoms with Gasteiger partial charge in [-0.2, -0.15) is 4.31 Å². The largest absolute Gasteiger partial charge is 0.298 e. The van der Waals surface area contributed by atoms with Gasteiger partial charge in [0.1, 0.15) is 5.78 Å². The highest BCUT2D eigenvalue weighted by molar-refractivity contribution is 7.89. The zero-order valence-electron chi connectivity index (χ0n) is 9.62. The quantitative estimate of drug-likeness (QED) is 0.732. The summed E-state index contributed by atoms with van der Waals surface area (Å²) in [6.07, 6.45) is 1.84. The molecule has 5 heteroatoms. The van der Waals surface area contributed by atoms with Crippen LogP contribution in [0.5, 0.6) is 0 Å². The summed E-state index contributed by atoms with van der Waals surface area (Å²) in [5.74, 6) is 0.167. The van der Waals surface area contributed by atoms with E-state index in [9.17, 15) is 13.2 Å². The standard InChI is InChI=1S/C10H19NO3S/c1-4-5-6-15(13,14)11-8-9(12)7-10(11,2)3/h4-8H2,1-3H3. The van der Waals surface area contributed by atoms with Gasteiger partial charge in [-0.25, -0.2) is 8.42 Å². The van der Waals surface area contributed by atoms with E-state index in [1.807, 2.05) is 6.92 Å². The molecule has 1 aliphatic heterocycles. The van der Waals surface area contributed by atoms with Crippen molar-refractivity contribution in [2.45, 2.75) is 45.6 Å². The van der Waals surface area contributed by atoms with E-state index in [0.29, 0.717) is 12.8 Å². The molecular weight excluding hydrogens is 214 g/mol. The van der Waals surface area contributed by atoms with Gasteiger partial charge in [0.15, 0.2) is 0 Å². The lowest BCUT2D eigenvalue weighted by Gasteiger charge is -2.29. The predicted octanol–water partition coefficient (Wildman–Crippen LogP) is 1.17. The van der Waals surface area contributed by atoms with Gasteiger partial charge in [0.25, 0.3) is 0 Å². The molecular formula is C10H19NO3S. The van der Waals surface area contributed by atoms with Crippen LogP contribution in [-0.2, 0) is 14.8 Å². The molecule has 0 unspecified atom stereocenters. The first kappa shape index (κ1) is 12.6. The molecule has 0 spiro atoms. The molecule has 0 aromatic carbocycles. The Kier molecular flexibility index (Phi) is 3.55. The Hall–Kier alpha value is -0.420. The number of Topliss-reactive ketones (excluding diaryl/α,β-unsaturated/α-hetero) is 1. The van der Waals surface area contributed by atoms with E-state index in [-0.39, 0.29) is 18.1 Å². The van der Waals surface area contributed by atoms with Crippen LogP contribution < -0.4 is 0 Å². The van der Waals surface area contributed by atoms with Crippen LogP contribution in [-0.4, -0.2) is 36.3 Å². The van der Waals surface area contributed by atoms with Crippen molar-refractivity contribution < 1.29 is 13.2 Å². The summed E-state index contributed by atoms with van der Waals surface area (Å²) in [6.45, 7) is 5.62. The Labute approximate surface area is 91.7 Å². The SMILES string of the molecule is CCCCS(=O)(=O)N1CC(=O)CC1(C)C. The third kappa shape index (κ3) is 2.78. The van der Waals surface area contributed by atoms with Gasteiger partial charge in [-0.05, 0) is 20.3 Å². The lowest BCUT2D eigenvalue weighted by Crippen LogP contribution is -2.43. The van der Waals surface area contributed by atoms with Crippen molar-refractivity contribution in [2.24, 2.45) is 0 Å². The van der Waals surface area contributed by atoms with Crippen molar-refractivity contribution in [3.8, 4) is 0 Å². The minimum Gasteiger partial charge on any atom is -0.298 e. The Morgan fingerprint density at radius 3 is 2.40 bits per heavy atom. The maximum Gasteiger partial charge on any atom is 0.215 e. The number of hydrogen-bond donors (Lipinski definition) is 0. The second-order valence-corrected chi connectivity index (χ2v) is 6.72. The van der Waals surface area contributed by atoms with Crippen molar-refractivity contribution in [1.29, 1.82) is 0 Å². The van der Waals surface area contributed by atoms with Gasteiger partial charge in [0, 0.05) is 12.0 Å². The zero-order valence-corrected chi connectivity index (χ0v) is 10.4. The smallest absolute Gasteiger partial charge is 0.215 e. The van der Waals surface area contributed by atoms with Crippen LogP contribution in [0.1, 0.15) is 40.0 Å². The van der Waals surface area contributed by atoms with Crippen molar-refractivity contribution in [3.05, 3.63) is 0 Å². The first-order chi connectivity index (χ1) is 6.79. The average molecular weight is 233 g/mol. The molecule has 1 saturated heterocycles. The van der Waals surface area contributed by atoms with Crippen molar-refractivity contribution in [3.63, 3.8) is 0 Å². The van der Waals surface area contributed by atoms with Gasteiger partial charge in [0.05, 0.1) is 12.3 Å². The predicted molar refractivity (Wildman–Crippen MR) is 59.1 cm³/mol. The van der Waals surface area contributed by atoms with Crippen LogP contribution in [0.4, 0.5) is 0 Å². The molecule has 0 saturated carbocycles. The van der Waals surface area contributed by atoms with Crippen LogP contribution >= 0.6 is 0 Å². The molecule has 0 aliphatic carbocycles. The van der Waals surface area contributed by atoms with E-state index < -0.39 is 15.6 Å². The molecule has 0 aromatic heterocycles. The number of hydrogen-bond acceptors (Lipinski definition) is 3. The molecule has 0 N–H and O–H groups in total. The first-order valence-corrected chi connectivity index (χ1v) is 6.93. The molecule has 0 radical (unpaired) electrons. The molecule has 0 aromatic rings. The molecule has 1 aliphatic rings. The topological polar surface area (TPSA) is 54.5 Å². The van der Waals surface area contributed by atoms with Crippen LogP contribution in [0, 0.1) is 0 Å². The van der Waals surface area contributed by atoms with E-state index in [1.165, 1.54) is 4.31 Å². The molecule has 0 amide bonds. The Balaban J connectivity index is 2.83. The summed E-state index contributed by atoms with van der Waals surface area (Å²) in [7, 11) is -3.25. The van der Waals surface area contributed by atoms with Crippen LogP contribution in [0.3, 0.4) is 0 Å². The van der Waals surface area contributed by atoms with E-state index in [0.717, 1.165) is 6.42 Å². The Morgan fingerprint density at radius 1 is 1.40 bits per heavy atom. The maximum absolute atomic E-state index is 11.9. The highest BCUT2D eigenvalue weighted by Crippen LogP contribution is 2.29. The van der Waals surface area contributed by atoms with Crippen LogP contribution in [0.15, 0.2) is 0 Å². The summed E-state index contributed by atoms with van der Waals surface area (Å²) in [4.78, 5) is 11.3. The zero-order chi connectivity index (χ0) is 11.7. The normalized spacial score (nSPS) is 22.2. The van der Waals surface area contributed by atoms with Crippen LogP contribution in [0.2, 0.25) is 0 Å². The number of sulfonamides is 1. The fraction of sp³-hybridized carbons (Fsp3) is 0.900. The fourth-order valence-corrected chi connectivity index (χ4v) is 3.94. The van der Waals surface area contributed by atoms with E-state index in [2.05, 4.69) is 0 Å². The van der Waals surface area contributed by atoms with Crippen molar-refractivity contribution in [2.75, 3.05) is 12.3 Å². The summed E-state index contributed by atoms with van der Waals surface area (Å²) >= 11 is 0. The number of carbonyl (C=O) groups excluding carboxylic acids is 1. The molecule has 4 nitrogen and oxygen atoms in total. The second kappa shape index (κ2) is 4.22. The minimum atomic E-state index is -3.25.